The van der Waals surface area contributed by atoms with Crippen molar-refractivity contribution in [2.45, 2.75) is 26.2 Å². The molecule has 0 amide bonds. The van der Waals surface area contributed by atoms with Gasteiger partial charge >= 0.3 is 0 Å². The molecule has 3 aromatic carbocycles. The fourth-order valence-corrected chi connectivity index (χ4v) is 5.23. The highest BCUT2D eigenvalue weighted by molar-refractivity contribution is 14.1. The summed E-state index contributed by atoms with van der Waals surface area (Å²) in [5.41, 5.74) is 3.28. The minimum Gasteiger partial charge on any atom is -0.452 e. The molecule has 0 spiro atoms. The number of fused-ring (bicyclic) bond motifs is 3. The van der Waals surface area contributed by atoms with Crippen LogP contribution in [-0.2, 0) is 5.41 Å². The van der Waals surface area contributed by atoms with Gasteiger partial charge in [0.1, 0.15) is 17.3 Å². The lowest BCUT2D eigenvalue weighted by molar-refractivity contribution is 0.403. The Morgan fingerprint density at radius 3 is 2.36 bits per heavy atom. The summed E-state index contributed by atoms with van der Waals surface area (Å²) in [6.45, 7) is 6.62. The smallest absolute Gasteiger partial charge is 0.263 e. The standard InChI is InChI=1S/C32H25ClIN3O2/c1-32(2,3)20-14-15-35-30(16-20)37-26-10-6-4-8-23(26)24-13-12-22(18-27(24)37)38-29-17-21(33)19-36-31(29)39-28-11-7-5-9-25(28)34/h4-19H,1-3H3. The van der Waals surface area contributed by atoms with Crippen molar-refractivity contribution in [3.05, 3.63) is 111 Å². The molecule has 194 valence electrons. The summed E-state index contributed by atoms with van der Waals surface area (Å²) in [7, 11) is 0. The van der Waals surface area contributed by atoms with Crippen molar-refractivity contribution in [3.63, 3.8) is 0 Å². The van der Waals surface area contributed by atoms with Gasteiger partial charge in [-0.1, -0.05) is 62.7 Å². The van der Waals surface area contributed by atoms with E-state index in [-0.39, 0.29) is 5.41 Å². The number of nitrogens with zero attached hydrogens (tertiary/aromatic N) is 3. The van der Waals surface area contributed by atoms with E-state index in [1.54, 1.807) is 12.3 Å². The van der Waals surface area contributed by atoms with Gasteiger partial charge in [0.2, 0.25) is 0 Å². The van der Waals surface area contributed by atoms with E-state index in [0.29, 0.717) is 28.2 Å². The molecule has 0 saturated heterocycles. The molecule has 3 heterocycles. The van der Waals surface area contributed by atoms with Gasteiger partial charge in [-0.25, -0.2) is 9.97 Å². The van der Waals surface area contributed by atoms with Crippen molar-refractivity contribution in [1.82, 2.24) is 14.5 Å². The third kappa shape index (κ3) is 5.06. The number of rotatable bonds is 5. The van der Waals surface area contributed by atoms with E-state index in [4.69, 9.17) is 26.1 Å². The Labute approximate surface area is 245 Å². The summed E-state index contributed by atoms with van der Waals surface area (Å²) < 4.78 is 15.6. The number of hydrogen-bond donors (Lipinski definition) is 0. The Kier molecular flexibility index (Phi) is 6.69. The molecule has 3 aromatic heterocycles. The first-order chi connectivity index (χ1) is 18.8. The summed E-state index contributed by atoms with van der Waals surface area (Å²) in [4.78, 5) is 9.17. The molecule has 7 heteroatoms. The Bertz CT molecular complexity index is 1840. The van der Waals surface area contributed by atoms with Crippen LogP contribution in [0.25, 0.3) is 27.6 Å². The molecule has 0 aliphatic heterocycles. The molecule has 0 atom stereocenters. The van der Waals surface area contributed by atoms with Crippen LogP contribution in [0.5, 0.6) is 23.1 Å². The van der Waals surface area contributed by atoms with E-state index >= 15 is 0 Å². The van der Waals surface area contributed by atoms with Crippen LogP contribution in [0.1, 0.15) is 26.3 Å². The average Bonchev–Trinajstić information content (AvgIpc) is 3.24. The van der Waals surface area contributed by atoms with E-state index in [0.717, 1.165) is 31.2 Å². The number of para-hydroxylation sites is 2. The highest BCUT2D eigenvalue weighted by atomic mass is 127. The number of benzene rings is 3. The van der Waals surface area contributed by atoms with Crippen molar-refractivity contribution in [2.24, 2.45) is 0 Å². The van der Waals surface area contributed by atoms with E-state index in [1.807, 2.05) is 42.6 Å². The van der Waals surface area contributed by atoms with Crippen LogP contribution in [0.3, 0.4) is 0 Å². The predicted molar refractivity (Wildman–Crippen MR) is 166 cm³/mol. The maximum atomic E-state index is 6.37. The Balaban J connectivity index is 1.47. The molecule has 6 aromatic rings. The summed E-state index contributed by atoms with van der Waals surface area (Å²) >= 11 is 8.54. The summed E-state index contributed by atoms with van der Waals surface area (Å²) in [5, 5.41) is 2.72. The largest absolute Gasteiger partial charge is 0.452 e. The van der Waals surface area contributed by atoms with Crippen molar-refractivity contribution in [3.8, 4) is 28.9 Å². The van der Waals surface area contributed by atoms with Crippen molar-refractivity contribution in [2.75, 3.05) is 0 Å². The molecule has 0 radical (unpaired) electrons. The van der Waals surface area contributed by atoms with Gasteiger partial charge in [0, 0.05) is 35.3 Å². The van der Waals surface area contributed by atoms with E-state index in [2.05, 4.69) is 95.4 Å². The van der Waals surface area contributed by atoms with Crippen LogP contribution >= 0.6 is 34.2 Å². The molecule has 0 fully saturated rings. The lowest BCUT2D eigenvalue weighted by atomic mass is 9.88. The SMILES string of the molecule is CC(C)(C)c1ccnc(-n2c3ccccc3c3ccc(Oc4cc(Cl)cnc4Oc4ccccc4I)cc32)c1. The molecule has 0 saturated carbocycles. The number of pyridine rings is 2. The molecule has 5 nitrogen and oxygen atoms in total. The van der Waals surface area contributed by atoms with Crippen molar-refractivity contribution >= 4 is 56.0 Å². The lowest BCUT2D eigenvalue weighted by Gasteiger charge is -2.20. The first kappa shape index (κ1) is 25.6. The highest BCUT2D eigenvalue weighted by Crippen LogP contribution is 2.39. The summed E-state index contributed by atoms with van der Waals surface area (Å²) in [6, 6.07) is 28.1. The zero-order valence-corrected chi connectivity index (χ0v) is 24.6. The van der Waals surface area contributed by atoms with Gasteiger partial charge in [-0.15, -0.1) is 0 Å². The van der Waals surface area contributed by atoms with Crippen LogP contribution in [-0.4, -0.2) is 14.5 Å². The molecule has 6 rings (SSSR count). The maximum Gasteiger partial charge on any atom is 0.263 e. The fraction of sp³-hybridized carbons (Fsp3) is 0.125. The first-order valence-corrected chi connectivity index (χ1v) is 14.0. The van der Waals surface area contributed by atoms with Crippen molar-refractivity contribution in [1.29, 1.82) is 0 Å². The van der Waals surface area contributed by atoms with Crippen molar-refractivity contribution < 1.29 is 9.47 Å². The Morgan fingerprint density at radius 2 is 1.54 bits per heavy atom. The zero-order valence-electron chi connectivity index (χ0n) is 21.7. The van der Waals surface area contributed by atoms with Gasteiger partial charge in [-0.2, -0.15) is 0 Å². The normalized spacial score (nSPS) is 11.7. The highest BCUT2D eigenvalue weighted by Gasteiger charge is 2.19. The van der Waals surface area contributed by atoms with Gasteiger partial charge in [0.25, 0.3) is 5.88 Å². The predicted octanol–water partition coefficient (Wildman–Crippen LogP) is 9.71. The maximum absolute atomic E-state index is 6.37. The van der Waals surface area contributed by atoms with Gasteiger partial charge in [-0.3, -0.25) is 4.57 Å². The van der Waals surface area contributed by atoms with Crippen LogP contribution < -0.4 is 9.47 Å². The minimum absolute atomic E-state index is 0.00271. The monoisotopic (exact) mass is 645 g/mol. The van der Waals surface area contributed by atoms with Crippen LogP contribution in [0.15, 0.2) is 97.3 Å². The molecule has 0 N–H and O–H groups in total. The van der Waals surface area contributed by atoms with Crippen LogP contribution in [0, 0.1) is 3.57 Å². The van der Waals surface area contributed by atoms with Gasteiger partial charge in [0.15, 0.2) is 5.75 Å². The summed E-state index contributed by atoms with van der Waals surface area (Å²) in [6.07, 6.45) is 3.43. The second-order valence-corrected chi connectivity index (χ2v) is 11.9. The zero-order chi connectivity index (χ0) is 27.1. The first-order valence-electron chi connectivity index (χ1n) is 12.5. The number of aromatic nitrogens is 3. The second kappa shape index (κ2) is 10.2. The van der Waals surface area contributed by atoms with Gasteiger partial charge in [-0.05, 0) is 76.0 Å². The molecule has 0 unspecified atom stereocenters. The molecule has 0 aliphatic carbocycles. The molecule has 0 bridgehead atoms. The number of hydrogen-bond acceptors (Lipinski definition) is 4. The Hall–Kier alpha value is -3.62. The Morgan fingerprint density at radius 1 is 0.769 bits per heavy atom. The van der Waals surface area contributed by atoms with E-state index in [1.165, 1.54) is 5.56 Å². The van der Waals surface area contributed by atoms with Crippen LogP contribution in [0.4, 0.5) is 0 Å². The topological polar surface area (TPSA) is 49.2 Å². The molecular formula is C32H25ClIN3O2. The third-order valence-electron chi connectivity index (χ3n) is 6.54. The van der Waals surface area contributed by atoms with E-state index in [9.17, 15) is 0 Å². The summed E-state index contributed by atoms with van der Waals surface area (Å²) in [5.74, 6) is 2.95. The fourth-order valence-electron chi connectivity index (χ4n) is 4.58. The van der Waals surface area contributed by atoms with E-state index < -0.39 is 0 Å². The minimum atomic E-state index is -0.00271. The second-order valence-electron chi connectivity index (χ2n) is 10.3. The molecular weight excluding hydrogens is 621 g/mol. The third-order valence-corrected chi connectivity index (χ3v) is 7.64. The lowest BCUT2D eigenvalue weighted by Crippen LogP contribution is -2.12. The average molecular weight is 646 g/mol. The number of halogens is 2. The number of ether oxygens (including phenoxy) is 2. The van der Waals surface area contributed by atoms with Crippen LogP contribution in [0.2, 0.25) is 5.02 Å². The quantitative estimate of drug-likeness (QED) is 0.175. The van der Waals surface area contributed by atoms with Gasteiger partial charge < -0.3 is 9.47 Å². The molecule has 39 heavy (non-hydrogen) atoms. The molecule has 0 aliphatic rings. The van der Waals surface area contributed by atoms with Gasteiger partial charge in [0.05, 0.1) is 19.6 Å².